The Labute approximate surface area is 221 Å². The summed E-state index contributed by atoms with van der Waals surface area (Å²) >= 11 is 0. The molecule has 0 bridgehead atoms. The zero-order valence-electron chi connectivity index (χ0n) is 21.3. The Morgan fingerprint density at radius 2 is 1.89 bits per heavy atom. The van der Waals surface area contributed by atoms with Crippen molar-refractivity contribution in [2.75, 3.05) is 26.0 Å². The van der Waals surface area contributed by atoms with Crippen LogP contribution in [0, 0.1) is 0 Å². The third-order valence-corrected chi connectivity index (χ3v) is 5.91. The van der Waals surface area contributed by atoms with Crippen LogP contribution in [0.2, 0.25) is 0 Å². The summed E-state index contributed by atoms with van der Waals surface area (Å²) in [6.45, 7) is 1.11. The fourth-order valence-corrected chi connectivity index (χ4v) is 4.05. The molecule has 190 valence electrons. The highest BCUT2D eigenvalue weighted by atomic mass is 16.5. The number of pyridine rings is 1. The zero-order chi connectivity index (χ0) is 26.3. The van der Waals surface area contributed by atoms with Crippen molar-refractivity contribution in [2.24, 2.45) is 0 Å². The molecule has 3 aromatic heterocycles. The van der Waals surface area contributed by atoms with Crippen LogP contribution in [0.25, 0.3) is 33.4 Å². The van der Waals surface area contributed by atoms with Gasteiger partial charge < -0.3 is 19.9 Å². The second-order valence-electron chi connectivity index (χ2n) is 9.07. The lowest BCUT2D eigenvalue weighted by Crippen LogP contribution is -2.12. The number of hydrogen-bond donors (Lipinski definition) is 2. The number of ether oxygens (including phenoxy) is 1. The Bertz CT molecular complexity index is 1580. The largest absolute Gasteiger partial charge is 0.485 e. The minimum atomic E-state index is -0.169. The van der Waals surface area contributed by atoms with E-state index in [1.165, 1.54) is 6.33 Å². The average molecular weight is 505 g/mol. The van der Waals surface area contributed by atoms with Crippen LogP contribution < -0.4 is 10.1 Å². The number of fused-ring (bicyclic) bond motifs is 1. The molecular weight excluding hydrogens is 476 g/mol. The van der Waals surface area contributed by atoms with E-state index in [0.717, 1.165) is 33.3 Å². The fourth-order valence-electron chi connectivity index (χ4n) is 4.05. The van der Waals surface area contributed by atoms with Crippen LogP contribution in [-0.4, -0.2) is 51.4 Å². The number of aromatic amines is 1. The molecule has 0 atom stereocenters. The van der Waals surface area contributed by atoms with Crippen molar-refractivity contribution in [3.63, 3.8) is 0 Å². The van der Waals surface area contributed by atoms with Gasteiger partial charge in [-0.3, -0.25) is 4.79 Å². The maximum atomic E-state index is 12.3. The van der Waals surface area contributed by atoms with Crippen LogP contribution in [-0.2, 0) is 11.4 Å². The van der Waals surface area contributed by atoms with E-state index in [1.807, 2.05) is 92.1 Å². The Morgan fingerprint density at radius 1 is 1.03 bits per heavy atom. The van der Waals surface area contributed by atoms with E-state index in [2.05, 4.69) is 31.3 Å². The molecular formula is C30H28N6O2. The number of likely N-dealkylation sites (N-methyl/N-ethyl adjacent to an activating group) is 1. The highest BCUT2D eigenvalue weighted by molar-refractivity contribution is 6.00. The van der Waals surface area contributed by atoms with Crippen LogP contribution in [0.4, 0.5) is 5.69 Å². The van der Waals surface area contributed by atoms with Gasteiger partial charge in [-0.05, 0) is 43.4 Å². The van der Waals surface area contributed by atoms with Crippen LogP contribution >= 0.6 is 0 Å². The molecule has 3 heterocycles. The summed E-state index contributed by atoms with van der Waals surface area (Å²) in [5.74, 6) is 0.423. The highest BCUT2D eigenvalue weighted by Gasteiger charge is 2.15. The molecule has 0 saturated heterocycles. The number of benzene rings is 2. The van der Waals surface area contributed by atoms with Crippen molar-refractivity contribution in [1.82, 2.24) is 24.8 Å². The molecule has 0 saturated carbocycles. The maximum Gasteiger partial charge on any atom is 0.248 e. The third kappa shape index (κ3) is 5.93. The minimum absolute atomic E-state index is 0.169. The summed E-state index contributed by atoms with van der Waals surface area (Å²) in [6, 6.07) is 19.7. The molecule has 8 heteroatoms. The lowest BCUT2D eigenvalue weighted by molar-refractivity contribution is -0.111. The normalized spacial score (nSPS) is 11.3. The predicted octanol–water partition coefficient (Wildman–Crippen LogP) is 5.32. The van der Waals surface area contributed by atoms with Gasteiger partial charge in [0, 0.05) is 47.2 Å². The van der Waals surface area contributed by atoms with Crippen LogP contribution in [0.5, 0.6) is 5.75 Å². The fraction of sp³-hybridized carbons (Fsp3) is 0.133. The molecule has 0 fully saturated rings. The molecule has 8 nitrogen and oxygen atoms in total. The van der Waals surface area contributed by atoms with E-state index in [-0.39, 0.29) is 5.91 Å². The first-order valence-corrected chi connectivity index (χ1v) is 12.2. The Balaban J connectivity index is 1.41. The number of nitrogens with zero attached hydrogens (tertiary/aromatic N) is 4. The molecule has 5 aromatic rings. The molecule has 0 aliphatic carbocycles. The summed E-state index contributed by atoms with van der Waals surface area (Å²) in [5, 5.41) is 3.83. The van der Waals surface area contributed by atoms with Crippen molar-refractivity contribution >= 4 is 22.6 Å². The summed E-state index contributed by atoms with van der Waals surface area (Å²) in [7, 11) is 3.91. The number of amides is 1. The molecule has 1 amide bonds. The molecule has 0 radical (unpaired) electrons. The molecule has 0 aliphatic rings. The number of carbonyl (C=O) groups is 1. The van der Waals surface area contributed by atoms with Gasteiger partial charge in [0.25, 0.3) is 0 Å². The second-order valence-corrected chi connectivity index (χ2v) is 9.07. The lowest BCUT2D eigenvalue weighted by Gasteiger charge is -2.10. The molecule has 38 heavy (non-hydrogen) atoms. The second kappa shape index (κ2) is 11.5. The monoisotopic (exact) mass is 504 g/mol. The van der Waals surface area contributed by atoms with E-state index in [4.69, 9.17) is 4.74 Å². The standard InChI is InChI=1S/C30H28N6O2/c1-36(2)13-7-12-28(37)35-24-11-6-10-22(14-24)23-15-25-26(17-33-30(25)32-16-23)29-27(18-31-20-34-29)38-19-21-8-4-3-5-9-21/h3-12,14-18,20H,13,19H2,1-2H3,(H,32,33)(H,35,37)/b12-7+. The molecule has 0 aliphatic heterocycles. The number of hydrogen-bond acceptors (Lipinski definition) is 6. The van der Waals surface area contributed by atoms with E-state index >= 15 is 0 Å². The third-order valence-electron chi connectivity index (χ3n) is 5.91. The van der Waals surface area contributed by atoms with Gasteiger partial charge in [0.05, 0.1) is 6.20 Å². The summed E-state index contributed by atoms with van der Waals surface area (Å²) in [6.07, 6.45) is 10.3. The van der Waals surface area contributed by atoms with Crippen LogP contribution in [0.3, 0.4) is 0 Å². The van der Waals surface area contributed by atoms with Crippen molar-refractivity contribution in [2.45, 2.75) is 6.61 Å². The van der Waals surface area contributed by atoms with Gasteiger partial charge in [0.1, 0.15) is 24.3 Å². The van der Waals surface area contributed by atoms with E-state index < -0.39 is 0 Å². The lowest BCUT2D eigenvalue weighted by atomic mass is 10.0. The van der Waals surface area contributed by atoms with Crippen molar-refractivity contribution in [3.05, 3.63) is 103 Å². The van der Waals surface area contributed by atoms with Crippen LogP contribution in [0.15, 0.2) is 97.7 Å². The van der Waals surface area contributed by atoms with Gasteiger partial charge in [0.15, 0.2) is 5.75 Å². The molecule has 0 spiro atoms. The molecule has 5 rings (SSSR count). The van der Waals surface area contributed by atoms with Crippen LogP contribution in [0.1, 0.15) is 5.56 Å². The van der Waals surface area contributed by atoms with E-state index in [9.17, 15) is 4.79 Å². The van der Waals surface area contributed by atoms with Gasteiger partial charge in [-0.2, -0.15) is 0 Å². The first-order valence-electron chi connectivity index (χ1n) is 12.2. The Kier molecular flexibility index (Phi) is 7.52. The number of nitrogens with one attached hydrogen (secondary N) is 2. The van der Waals surface area contributed by atoms with Crippen molar-refractivity contribution < 1.29 is 9.53 Å². The summed E-state index contributed by atoms with van der Waals surface area (Å²) < 4.78 is 6.10. The first-order chi connectivity index (χ1) is 18.6. The number of H-pyrrole nitrogens is 1. The predicted molar refractivity (Wildman–Crippen MR) is 150 cm³/mol. The number of carbonyl (C=O) groups excluding carboxylic acids is 1. The van der Waals surface area contributed by atoms with Crippen molar-refractivity contribution in [1.29, 1.82) is 0 Å². The average Bonchev–Trinajstić information content (AvgIpc) is 3.36. The van der Waals surface area contributed by atoms with Crippen molar-refractivity contribution in [3.8, 4) is 28.1 Å². The summed E-state index contributed by atoms with van der Waals surface area (Å²) in [4.78, 5) is 30.9. The van der Waals surface area contributed by atoms with E-state index in [1.54, 1.807) is 12.3 Å². The van der Waals surface area contributed by atoms with E-state index in [0.29, 0.717) is 30.3 Å². The molecule has 0 unspecified atom stereocenters. The highest BCUT2D eigenvalue weighted by Crippen LogP contribution is 2.35. The number of anilines is 1. The SMILES string of the molecule is CN(C)C/C=C/C(=O)Nc1cccc(-c2cnc3[nH]cc(-c4ncncc4OCc4ccccc4)c3c2)c1. The maximum absolute atomic E-state index is 12.3. The topological polar surface area (TPSA) is 96.0 Å². The summed E-state index contributed by atoms with van der Waals surface area (Å²) in [5.41, 5.74) is 5.92. The Morgan fingerprint density at radius 3 is 2.74 bits per heavy atom. The first kappa shape index (κ1) is 24.9. The number of aromatic nitrogens is 4. The quantitative estimate of drug-likeness (QED) is 0.264. The van der Waals surface area contributed by atoms with Gasteiger partial charge >= 0.3 is 0 Å². The zero-order valence-corrected chi connectivity index (χ0v) is 21.3. The van der Waals surface area contributed by atoms with Gasteiger partial charge in [0.2, 0.25) is 5.91 Å². The minimum Gasteiger partial charge on any atom is -0.485 e. The van der Waals surface area contributed by atoms with Gasteiger partial charge in [-0.15, -0.1) is 0 Å². The molecule has 2 aromatic carbocycles. The number of rotatable bonds is 9. The van der Waals surface area contributed by atoms with Gasteiger partial charge in [-0.1, -0.05) is 48.5 Å². The molecule has 2 N–H and O–H groups in total. The Hall–Kier alpha value is -4.82. The smallest absolute Gasteiger partial charge is 0.248 e. The van der Waals surface area contributed by atoms with Gasteiger partial charge in [-0.25, -0.2) is 15.0 Å².